The van der Waals surface area contributed by atoms with Crippen LogP contribution >= 0.6 is 22.9 Å². The molecule has 4 rings (SSSR count). The molecule has 2 aliphatic rings. The van der Waals surface area contributed by atoms with Crippen LogP contribution in [0, 0.1) is 6.92 Å². The molecule has 0 saturated carbocycles. The van der Waals surface area contributed by atoms with Gasteiger partial charge in [0.2, 0.25) is 0 Å². The topological polar surface area (TPSA) is 74.4 Å². The normalized spacial score (nSPS) is 18.4. The minimum Gasteiger partial charge on any atom is -0.378 e. The maximum atomic E-state index is 12.2. The Kier molecular flexibility index (Phi) is 4.77. The highest BCUT2D eigenvalue weighted by Gasteiger charge is 2.23. The quantitative estimate of drug-likeness (QED) is 0.870. The van der Waals surface area contributed by atoms with Crippen LogP contribution in [0.25, 0.3) is 0 Å². The highest BCUT2D eigenvalue weighted by molar-refractivity contribution is 7.16. The molecule has 1 fully saturated rings. The monoisotopic (exact) mass is 381 g/mol. The van der Waals surface area contributed by atoms with E-state index in [-0.39, 0.29) is 5.56 Å². The van der Waals surface area contributed by atoms with E-state index >= 15 is 0 Å². The summed E-state index contributed by atoms with van der Waals surface area (Å²) >= 11 is 8.00. The van der Waals surface area contributed by atoms with E-state index in [2.05, 4.69) is 24.8 Å². The number of aromatic amines is 1. The number of nitrogens with zero attached hydrogens (tertiary/aromatic N) is 4. The zero-order chi connectivity index (χ0) is 17.4. The van der Waals surface area contributed by atoms with Gasteiger partial charge in [-0.05, 0) is 6.92 Å². The second kappa shape index (κ2) is 7.03. The fraction of sp³-hybridized carbons (Fsp3) is 0.562. The highest BCUT2D eigenvalue weighted by Crippen LogP contribution is 2.32. The van der Waals surface area contributed by atoms with Crippen LogP contribution in [0.1, 0.15) is 22.0 Å². The first-order chi connectivity index (χ1) is 12.1. The Morgan fingerprint density at radius 1 is 1.28 bits per heavy atom. The number of hydrogen-bond acceptors (Lipinski definition) is 7. The van der Waals surface area contributed by atoms with Gasteiger partial charge in [-0.15, -0.1) is 0 Å². The van der Waals surface area contributed by atoms with Gasteiger partial charge in [0.25, 0.3) is 5.56 Å². The average Bonchev–Trinajstić information content (AvgIpc) is 2.97. The van der Waals surface area contributed by atoms with E-state index in [0.29, 0.717) is 24.1 Å². The first-order valence-corrected chi connectivity index (χ1v) is 9.58. The number of ether oxygens (including phenoxy) is 1. The van der Waals surface area contributed by atoms with Gasteiger partial charge in [-0.2, -0.15) is 0 Å². The molecule has 0 atom stereocenters. The van der Waals surface area contributed by atoms with Crippen molar-refractivity contribution in [1.29, 1.82) is 0 Å². The Morgan fingerprint density at radius 2 is 2.08 bits per heavy atom. The van der Waals surface area contributed by atoms with Gasteiger partial charge in [-0.25, -0.2) is 9.97 Å². The summed E-state index contributed by atoms with van der Waals surface area (Å²) in [4.78, 5) is 29.5. The lowest BCUT2D eigenvalue weighted by Gasteiger charge is -2.27. The van der Waals surface area contributed by atoms with E-state index in [9.17, 15) is 4.79 Å². The Morgan fingerprint density at radius 3 is 2.88 bits per heavy atom. The Bertz CT molecular complexity index is 830. The number of aromatic nitrogens is 3. The van der Waals surface area contributed by atoms with Gasteiger partial charge in [-0.3, -0.25) is 9.69 Å². The third-order valence-corrected chi connectivity index (χ3v) is 6.08. The van der Waals surface area contributed by atoms with E-state index in [1.807, 2.05) is 6.92 Å². The average molecular weight is 382 g/mol. The molecule has 134 valence electrons. The third kappa shape index (κ3) is 3.57. The van der Waals surface area contributed by atoms with E-state index in [1.165, 1.54) is 0 Å². The number of rotatable bonds is 3. The number of thiazole rings is 1. The van der Waals surface area contributed by atoms with Crippen LogP contribution in [0.3, 0.4) is 0 Å². The van der Waals surface area contributed by atoms with Crippen LogP contribution < -0.4 is 10.5 Å². The smallest absolute Gasteiger partial charge is 0.255 e. The number of fused-ring (bicyclic) bond motifs is 1. The van der Waals surface area contributed by atoms with Crippen molar-refractivity contribution >= 4 is 28.1 Å². The molecule has 9 heteroatoms. The summed E-state index contributed by atoms with van der Waals surface area (Å²) in [5.41, 5.74) is 1.66. The largest absolute Gasteiger partial charge is 0.378 e. The molecule has 0 aromatic carbocycles. The van der Waals surface area contributed by atoms with E-state index in [1.54, 1.807) is 11.3 Å². The molecule has 4 heterocycles. The fourth-order valence-electron chi connectivity index (χ4n) is 3.25. The van der Waals surface area contributed by atoms with Crippen molar-refractivity contribution in [3.05, 3.63) is 37.5 Å². The second-order valence-electron chi connectivity index (χ2n) is 6.35. The summed E-state index contributed by atoms with van der Waals surface area (Å²) in [6.07, 6.45) is 0.785. The van der Waals surface area contributed by atoms with Gasteiger partial charge in [0.05, 0.1) is 29.3 Å². The first-order valence-electron chi connectivity index (χ1n) is 8.39. The number of hydrogen-bond donors (Lipinski definition) is 1. The molecule has 0 radical (unpaired) electrons. The van der Waals surface area contributed by atoms with Crippen molar-refractivity contribution in [2.24, 2.45) is 0 Å². The van der Waals surface area contributed by atoms with Crippen molar-refractivity contribution < 1.29 is 4.74 Å². The van der Waals surface area contributed by atoms with Crippen molar-refractivity contribution in [3.8, 4) is 0 Å². The molecule has 1 N–H and O–H groups in total. The Hall–Kier alpha value is -1.48. The lowest BCUT2D eigenvalue weighted by Crippen LogP contribution is -2.36. The van der Waals surface area contributed by atoms with Gasteiger partial charge >= 0.3 is 0 Å². The maximum absolute atomic E-state index is 12.2. The van der Waals surface area contributed by atoms with Crippen molar-refractivity contribution in [1.82, 2.24) is 19.9 Å². The van der Waals surface area contributed by atoms with Crippen LogP contribution in [-0.2, 0) is 24.2 Å². The first kappa shape index (κ1) is 17.0. The van der Waals surface area contributed by atoms with Gasteiger partial charge in [-0.1, -0.05) is 22.9 Å². The predicted octanol–water partition coefficient (Wildman–Crippen LogP) is 1.58. The van der Waals surface area contributed by atoms with Crippen molar-refractivity contribution in [2.45, 2.75) is 26.4 Å². The van der Waals surface area contributed by atoms with Crippen LogP contribution in [0.4, 0.5) is 5.13 Å². The zero-order valence-corrected chi connectivity index (χ0v) is 15.6. The summed E-state index contributed by atoms with van der Waals surface area (Å²) in [6, 6.07) is 0. The van der Waals surface area contributed by atoms with Crippen molar-refractivity contribution in [3.63, 3.8) is 0 Å². The Balaban J connectivity index is 1.49. The van der Waals surface area contributed by atoms with Crippen LogP contribution in [-0.4, -0.2) is 52.7 Å². The van der Waals surface area contributed by atoms with E-state index in [0.717, 1.165) is 60.5 Å². The predicted molar refractivity (Wildman–Crippen MR) is 97.6 cm³/mol. The number of anilines is 1. The molecule has 0 bridgehead atoms. The number of aryl methyl sites for hydroxylation is 1. The molecule has 0 spiro atoms. The van der Waals surface area contributed by atoms with Gasteiger partial charge < -0.3 is 14.6 Å². The van der Waals surface area contributed by atoms with Gasteiger partial charge in [0.1, 0.15) is 11.0 Å². The third-order valence-electron chi connectivity index (χ3n) is 4.55. The highest BCUT2D eigenvalue weighted by atomic mass is 35.5. The molecular formula is C16H20ClN5O2S. The number of nitrogens with one attached hydrogen (secondary N) is 1. The second-order valence-corrected chi connectivity index (χ2v) is 7.77. The summed E-state index contributed by atoms with van der Waals surface area (Å²) in [5, 5.41) is 1.52. The molecule has 0 amide bonds. The van der Waals surface area contributed by atoms with Crippen LogP contribution in [0.5, 0.6) is 0 Å². The van der Waals surface area contributed by atoms with Crippen LogP contribution in [0.2, 0.25) is 5.15 Å². The molecule has 0 aliphatic carbocycles. The lowest BCUT2D eigenvalue weighted by atomic mass is 10.1. The van der Waals surface area contributed by atoms with E-state index < -0.39 is 0 Å². The lowest BCUT2D eigenvalue weighted by molar-refractivity contribution is 0.122. The Labute approximate surface area is 154 Å². The molecular weight excluding hydrogens is 362 g/mol. The molecule has 7 nitrogen and oxygen atoms in total. The fourth-order valence-corrected chi connectivity index (χ4v) is 4.60. The number of halogens is 1. The van der Waals surface area contributed by atoms with Crippen molar-refractivity contribution in [2.75, 3.05) is 37.7 Å². The van der Waals surface area contributed by atoms with Crippen LogP contribution in [0.15, 0.2) is 4.79 Å². The molecule has 1 saturated heterocycles. The minimum atomic E-state index is -0.0309. The molecule has 25 heavy (non-hydrogen) atoms. The van der Waals surface area contributed by atoms with Gasteiger partial charge in [0.15, 0.2) is 5.13 Å². The van der Waals surface area contributed by atoms with E-state index in [4.69, 9.17) is 16.3 Å². The summed E-state index contributed by atoms with van der Waals surface area (Å²) in [7, 11) is 0. The SMILES string of the molecule is Cc1nc2c(c(=O)[nH]1)CN(Cc1sc(N3CCOCC3)nc1Cl)CC2. The summed E-state index contributed by atoms with van der Waals surface area (Å²) < 4.78 is 5.39. The summed E-state index contributed by atoms with van der Waals surface area (Å²) in [5.74, 6) is 0.679. The molecule has 0 unspecified atom stereocenters. The minimum absolute atomic E-state index is 0.0309. The number of H-pyrrole nitrogens is 1. The zero-order valence-electron chi connectivity index (χ0n) is 14.0. The molecule has 2 aliphatic heterocycles. The molecule has 2 aromatic heterocycles. The number of morpholine rings is 1. The molecule has 2 aromatic rings. The maximum Gasteiger partial charge on any atom is 0.255 e. The summed E-state index contributed by atoms with van der Waals surface area (Å²) in [6.45, 7) is 7.13. The standard InChI is InChI=1S/C16H20ClN5O2S/c1-10-18-12-2-3-21(8-11(12)15(23)19-10)9-13-14(17)20-16(25-13)22-4-6-24-7-5-22/h2-9H2,1H3,(H,18,19,23). The van der Waals surface area contributed by atoms with Gasteiger partial charge in [0, 0.05) is 39.1 Å².